The summed E-state index contributed by atoms with van der Waals surface area (Å²) in [6.45, 7) is 1.95. The lowest BCUT2D eigenvalue weighted by molar-refractivity contribution is -0.113. The smallest absolute Gasteiger partial charge is 0.266 e. The Hall–Kier alpha value is -3.91. The molecule has 3 N–H and O–H groups in total. The molecule has 4 aromatic rings. The quantitative estimate of drug-likeness (QED) is 0.350. The van der Waals surface area contributed by atoms with Gasteiger partial charge in [0.1, 0.15) is 0 Å². The number of aryl methyl sites for hydroxylation is 1. The zero-order valence-electron chi connectivity index (χ0n) is 17.2. The Morgan fingerprint density at radius 3 is 2.50 bits per heavy atom. The fourth-order valence-electron chi connectivity index (χ4n) is 3.25. The Balaban J connectivity index is 1.62. The summed E-state index contributed by atoms with van der Waals surface area (Å²) in [5.74, 6) is -0.747. The third-order valence-corrected chi connectivity index (χ3v) is 5.73. The highest BCUT2D eigenvalue weighted by Gasteiger charge is 2.15. The van der Waals surface area contributed by atoms with Crippen LogP contribution in [0, 0.1) is 6.92 Å². The third kappa shape index (κ3) is 4.55. The van der Waals surface area contributed by atoms with E-state index in [-0.39, 0.29) is 17.2 Å². The maximum atomic E-state index is 13.3. The first-order valence-corrected chi connectivity index (χ1v) is 10.8. The molecule has 0 spiro atoms. The van der Waals surface area contributed by atoms with Crippen molar-refractivity contribution in [3.8, 4) is 5.69 Å². The van der Waals surface area contributed by atoms with E-state index in [4.69, 9.17) is 5.73 Å². The summed E-state index contributed by atoms with van der Waals surface area (Å²) in [7, 11) is 0. The molecule has 0 aliphatic carbocycles. The number of fused-ring (bicyclic) bond motifs is 1. The largest absolute Gasteiger partial charge is 0.366 e. The minimum atomic E-state index is -0.532. The number of carbonyl (C=O) groups is 2. The van der Waals surface area contributed by atoms with Gasteiger partial charge in [0.25, 0.3) is 5.56 Å². The summed E-state index contributed by atoms with van der Waals surface area (Å²) in [5, 5.41) is 3.71. The Kier molecular flexibility index (Phi) is 6.04. The molecule has 2 amide bonds. The topological polar surface area (TPSA) is 107 Å². The number of rotatable bonds is 6. The summed E-state index contributed by atoms with van der Waals surface area (Å²) in [6, 6.07) is 21.0. The number of hydrogen-bond donors (Lipinski definition) is 2. The van der Waals surface area contributed by atoms with E-state index in [1.807, 2.05) is 37.3 Å². The molecule has 0 fully saturated rings. The van der Waals surface area contributed by atoms with E-state index in [2.05, 4.69) is 10.3 Å². The van der Waals surface area contributed by atoms with Crippen molar-refractivity contribution in [1.29, 1.82) is 0 Å². The lowest BCUT2D eigenvalue weighted by Crippen LogP contribution is -2.23. The lowest BCUT2D eigenvalue weighted by atomic mass is 10.2. The first-order valence-electron chi connectivity index (χ1n) is 9.84. The van der Waals surface area contributed by atoms with Gasteiger partial charge >= 0.3 is 0 Å². The predicted molar refractivity (Wildman–Crippen MR) is 126 cm³/mol. The SMILES string of the molecule is Cc1cccc(-n2c(SCC(=O)Nc3ccc(C(N)=O)cc3)nc3ccccc3c2=O)c1. The van der Waals surface area contributed by atoms with Gasteiger partial charge in [0.05, 0.1) is 22.3 Å². The van der Waals surface area contributed by atoms with Crippen molar-refractivity contribution < 1.29 is 9.59 Å². The molecule has 0 aliphatic rings. The molecule has 0 bridgehead atoms. The van der Waals surface area contributed by atoms with Gasteiger partial charge in [-0.15, -0.1) is 0 Å². The molecule has 1 aromatic heterocycles. The number of nitrogens with zero attached hydrogens (tertiary/aromatic N) is 2. The average molecular weight is 445 g/mol. The van der Waals surface area contributed by atoms with Crippen LogP contribution in [-0.2, 0) is 4.79 Å². The second-order valence-electron chi connectivity index (χ2n) is 7.17. The molecule has 0 saturated heterocycles. The second kappa shape index (κ2) is 9.07. The van der Waals surface area contributed by atoms with E-state index >= 15 is 0 Å². The van der Waals surface area contributed by atoms with Crippen molar-refractivity contribution in [1.82, 2.24) is 9.55 Å². The fraction of sp³-hybridized carbons (Fsp3) is 0.0833. The number of anilines is 1. The van der Waals surface area contributed by atoms with Gasteiger partial charge in [-0.3, -0.25) is 19.0 Å². The van der Waals surface area contributed by atoms with Crippen LogP contribution in [0.1, 0.15) is 15.9 Å². The zero-order chi connectivity index (χ0) is 22.7. The van der Waals surface area contributed by atoms with Gasteiger partial charge in [-0.2, -0.15) is 0 Å². The maximum Gasteiger partial charge on any atom is 0.266 e. The van der Waals surface area contributed by atoms with Crippen LogP contribution in [0.25, 0.3) is 16.6 Å². The van der Waals surface area contributed by atoms with Crippen molar-refractivity contribution in [3.05, 3.63) is 94.3 Å². The molecular formula is C24H20N4O3S. The number of amides is 2. The minimum absolute atomic E-state index is 0.0498. The Bertz CT molecular complexity index is 1380. The molecule has 1 heterocycles. The number of nitrogens with two attached hydrogens (primary N) is 1. The molecule has 0 aliphatic heterocycles. The zero-order valence-corrected chi connectivity index (χ0v) is 18.1. The summed E-state index contributed by atoms with van der Waals surface area (Å²) in [6.07, 6.45) is 0. The summed E-state index contributed by atoms with van der Waals surface area (Å²) in [4.78, 5) is 41.6. The number of carbonyl (C=O) groups excluding carboxylic acids is 2. The number of aromatic nitrogens is 2. The highest BCUT2D eigenvalue weighted by Crippen LogP contribution is 2.22. The number of hydrogen-bond acceptors (Lipinski definition) is 5. The lowest BCUT2D eigenvalue weighted by Gasteiger charge is -2.14. The van der Waals surface area contributed by atoms with E-state index < -0.39 is 5.91 Å². The number of thioether (sulfide) groups is 1. The molecule has 7 nitrogen and oxygen atoms in total. The molecule has 0 atom stereocenters. The molecule has 0 unspecified atom stereocenters. The van der Waals surface area contributed by atoms with Gasteiger partial charge in [-0.25, -0.2) is 4.98 Å². The average Bonchev–Trinajstić information content (AvgIpc) is 2.78. The van der Waals surface area contributed by atoms with Crippen LogP contribution in [0.4, 0.5) is 5.69 Å². The van der Waals surface area contributed by atoms with Crippen molar-refractivity contribution >= 4 is 40.2 Å². The van der Waals surface area contributed by atoms with Crippen molar-refractivity contribution in [3.63, 3.8) is 0 Å². The van der Waals surface area contributed by atoms with Crippen LogP contribution in [0.5, 0.6) is 0 Å². The monoisotopic (exact) mass is 444 g/mol. The summed E-state index contributed by atoms with van der Waals surface area (Å²) in [5.41, 5.74) is 8.23. The first-order chi connectivity index (χ1) is 15.4. The Morgan fingerprint density at radius 1 is 1.03 bits per heavy atom. The standard InChI is InChI=1S/C24H20N4O3S/c1-15-5-4-6-18(13-15)28-23(31)19-7-2-3-8-20(19)27-24(28)32-14-21(29)26-17-11-9-16(10-12-17)22(25)30/h2-13H,14H2,1H3,(H2,25,30)(H,26,29). The second-order valence-corrected chi connectivity index (χ2v) is 8.11. The number of primary amides is 1. The van der Waals surface area contributed by atoms with Crippen LogP contribution < -0.4 is 16.6 Å². The molecule has 32 heavy (non-hydrogen) atoms. The molecule has 160 valence electrons. The highest BCUT2D eigenvalue weighted by atomic mass is 32.2. The van der Waals surface area contributed by atoms with Crippen LogP contribution in [-0.4, -0.2) is 27.1 Å². The highest BCUT2D eigenvalue weighted by molar-refractivity contribution is 7.99. The Morgan fingerprint density at radius 2 is 1.78 bits per heavy atom. The summed E-state index contributed by atoms with van der Waals surface area (Å²) >= 11 is 1.18. The minimum Gasteiger partial charge on any atom is -0.366 e. The molecule has 0 radical (unpaired) electrons. The predicted octanol–water partition coefficient (Wildman–Crippen LogP) is 3.52. The maximum absolute atomic E-state index is 13.3. The fourth-order valence-corrected chi connectivity index (χ4v) is 4.06. The van der Waals surface area contributed by atoms with Gasteiger partial charge in [0.2, 0.25) is 11.8 Å². The van der Waals surface area contributed by atoms with Crippen molar-refractivity contribution in [2.45, 2.75) is 12.1 Å². The van der Waals surface area contributed by atoms with Crippen LogP contribution in [0.2, 0.25) is 0 Å². The molecular weight excluding hydrogens is 424 g/mol. The summed E-state index contributed by atoms with van der Waals surface area (Å²) < 4.78 is 1.54. The Labute approximate surface area is 188 Å². The van der Waals surface area contributed by atoms with E-state index in [1.54, 1.807) is 42.5 Å². The van der Waals surface area contributed by atoms with Gasteiger partial charge in [0, 0.05) is 11.3 Å². The van der Waals surface area contributed by atoms with E-state index in [0.29, 0.717) is 33.0 Å². The normalized spacial score (nSPS) is 10.8. The first kappa shape index (κ1) is 21.3. The van der Waals surface area contributed by atoms with Gasteiger partial charge < -0.3 is 11.1 Å². The van der Waals surface area contributed by atoms with Crippen LogP contribution >= 0.6 is 11.8 Å². The van der Waals surface area contributed by atoms with Crippen molar-refractivity contribution in [2.24, 2.45) is 5.73 Å². The third-order valence-electron chi connectivity index (χ3n) is 4.79. The molecule has 4 rings (SSSR count). The number of nitrogens with one attached hydrogen (secondary N) is 1. The van der Waals surface area contributed by atoms with Gasteiger partial charge in [0.15, 0.2) is 5.16 Å². The van der Waals surface area contributed by atoms with Crippen LogP contribution in [0.3, 0.4) is 0 Å². The number of para-hydroxylation sites is 1. The van der Waals surface area contributed by atoms with E-state index in [1.165, 1.54) is 16.3 Å². The van der Waals surface area contributed by atoms with E-state index in [9.17, 15) is 14.4 Å². The molecule has 3 aromatic carbocycles. The van der Waals surface area contributed by atoms with Crippen molar-refractivity contribution in [2.75, 3.05) is 11.1 Å². The van der Waals surface area contributed by atoms with Gasteiger partial charge in [-0.1, -0.05) is 36.0 Å². The van der Waals surface area contributed by atoms with E-state index in [0.717, 1.165) is 5.56 Å². The number of benzene rings is 3. The molecule has 0 saturated carbocycles. The van der Waals surface area contributed by atoms with Gasteiger partial charge in [-0.05, 0) is 61.0 Å². The van der Waals surface area contributed by atoms with Crippen LogP contribution in [0.15, 0.2) is 82.7 Å². The molecule has 8 heteroatoms.